The van der Waals surface area contributed by atoms with Gasteiger partial charge in [-0.25, -0.2) is 9.59 Å². The van der Waals surface area contributed by atoms with Crippen LogP contribution >= 0.6 is 0 Å². The molecule has 4 aliphatic carbocycles. The van der Waals surface area contributed by atoms with E-state index in [1.165, 1.54) is 55.5 Å². The fraction of sp³-hybridized carbons (Fsp3) is 0.528. The van der Waals surface area contributed by atoms with Crippen LogP contribution in [0.25, 0.3) is 0 Å². The largest absolute Gasteiger partial charge is 0.465 e. The molecule has 0 aromatic heterocycles. The molecule has 6 rings (SSSR count). The number of allylic oxidation sites excluding steroid dienone is 1. The lowest BCUT2D eigenvalue weighted by Crippen LogP contribution is -2.66. The van der Waals surface area contributed by atoms with E-state index in [-0.39, 0.29) is 51.8 Å². The van der Waals surface area contributed by atoms with Gasteiger partial charge in [-0.2, -0.15) is 0 Å². The molecule has 8 atom stereocenters. The zero-order chi connectivity index (χ0) is 34.6. The Hall–Kier alpha value is -4.61. The molecule has 254 valence electrons. The molecule has 0 heterocycles. The SMILES string of the molecule is C=C1C[C@]23C[C@@H]1CC[C@H]2[C@]1(C)CC[C@@H](OC(=O)c2cccc([N+](=O)[O-])c2)[C@](C)(COC(C)=O)C1C[C@@H]3OC(=O)c1cccc([N+](=O)[O-])c1. The molecule has 4 saturated carbocycles. The summed E-state index contributed by atoms with van der Waals surface area (Å²) in [5.41, 5.74) is -0.741. The van der Waals surface area contributed by atoms with Crippen molar-refractivity contribution in [1.82, 2.24) is 0 Å². The van der Waals surface area contributed by atoms with Gasteiger partial charge in [0.2, 0.25) is 0 Å². The van der Waals surface area contributed by atoms with Gasteiger partial charge < -0.3 is 14.2 Å². The van der Waals surface area contributed by atoms with E-state index in [9.17, 15) is 34.6 Å². The van der Waals surface area contributed by atoms with Gasteiger partial charge in [0.15, 0.2) is 0 Å². The maximum Gasteiger partial charge on any atom is 0.338 e. The van der Waals surface area contributed by atoms with Crippen LogP contribution in [0.2, 0.25) is 0 Å². The van der Waals surface area contributed by atoms with Crippen molar-refractivity contribution < 1.29 is 38.4 Å². The van der Waals surface area contributed by atoms with Crippen molar-refractivity contribution in [2.45, 2.75) is 77.9 Å². The summed E-state index contributed by atoms with van der Waals surface area (Å²) in [6.45, 7) is 9.89. The number of nitro benzene ring substituents is 2. The zero-order valence-corrected chi connectivity index (χ0v) is 27.3. The Bertz CT molecular complexity index is 1710. The predicted molar refractivity (Wildman–Crippen MR) is 172 cm³/mol. The summed E-state index contributed by atoms with van der Waals surface area (Å²) in [4.78, 5) is 61.1. The van der Waals surface area contributed by atoms with Crippen LogP contribution in [0, 0.1) is 54.2 Å². The van der Waals surface area contributed by atoms with Crippen molar-refractivity contribution in [1.29, 1.82) is 0 Å². The van der Waals surface area contributed by atoms with E-state index in [0.29, 0.717) is 31.6 Å². The molecule has 2 bridgehead atoms. The molecule has 4 aliphatic rings. The Morgan fingerprint density at radius 2 is 1.46 bits per heavy atom. The van der Waals surface area contributed by atoms with Crippen molar-refractivity contribution >= 4 is 29.3 Å². The summed E-state index contributed by atoms with van der Waals surface area (Å²) in [6.07, 6.45) is 3.71. The Balaban J connectivity index is 1.38. The number of carbonyl (C=O) groups excluding carboxylic acids is 3. The van der Waals surface area contributed by atoms with Gasteiger partial charge >= 0.3 is 17.9 Å². The molecule has 0 aliphatic heterocycles. The lowest BCUT2D eigenvalue weighted by atomic mass is 9.40. The third-order valence-electron chi connectivity index (χ3n) is 12.1. The molecule has 2 aromatic rings. The van der Waals surface area contributed by atoms with E-state index in [2.05, 4.69) is 13.5 Å². The molecule has 0 amide bonds. The highest BCUT2D eigenvalue weighted by molar-refractivity contribution is 5.91. The van der Waals surface area contributed by atoms with Crippen LogP contribution in [0.4, 0.5) is 11.4 Å². The smallest absolute Gasteiger partial charge is 0.338 e. The number of ether oxygens (including phenoxy) is 3. The van der Waals surface area contributed by atoms with Crippen molar-refractivity contribution in [2.75, 3.05) is 6.61 Å². The van der Waals surface area contributed by atoms with Gasteiger partial charge in [-0.15, -0.1) is 0 Å². The molecule has 12 nitrogen and oxygen atoms in total. The molecule has 1 unspecified atom stereocenters. The number of nitrogens with zero attached hydrogens (tertiary/aromatic N) is 2. The Morgan fingerprint density at radius 1 is 0.875 bits per heavy atom. The number of nitro groups is 2. The van der Waals surface area contributed by atoms with Gasteiger partial charge in [0, 0.05) is 42.0 Å². The van der Waals surface area contributed by atoms with Gasteiger partial charge in [-0.05, 0) is 80.2 Å². The van der Waals surface area contributed by atoms with E-state index in [0.717, 1.165) is 24.8 Å². The van der Waals surface area contributed by atoms with E-state index < -0.39 is 45.4 Å². The molecule has 0 radical (unpaired) electrons. The number of rotatable bonds is 8. The second-order valence-electron chi connectivity index (χ2n) is 14.6. The molecule has 0 N–H and O–H groups in total. The average Bonchev–Trinajstić information content (AvgIpc) is 3.30. The lowest BCUT2D eigenvalue weighted by molar-refractivity contribution is -0.385. The highest BCUT2D eigenvalue weighted by Gasteiger charge is 2.70. The minimum absolute atomic E-state index is 0.0431. The maximum atomic E-state index is 13.7. The fourth-order valence-corrected chi connectivity index (χ4v) is 9.95. The molecular weight excluding hydrogens is 620 g/mol. The van der Waals surface area contributed by atoms with Crippen molar-refractivity contribution in [2.24, 2.45) is 34.0 Å². The standard InChI is InChI=1S/C36H40N2O10/c1-21-18-36-19-25(21)11-12-28(36)34(3)14-13-30(47-32(40)23-7-5-9-26(15-23)37(42)43)35(4,20-46-22(2)39)29(34)17-31(36)48-33(41)24-8-6-10-27(16-24)38(44)45/h5-10,15-16,25,28-31H,1,11-14,17-20H2,2-4H3/t25-,28-,29?,30+,31-,34-,35+,36-/m0/s1. The first-order valence-corrected chi connectivity index (χ1v) is 16.4. The molecule has 2 aromatic carbocycles. The van der Waals surface area contributed by atoms with Crippen molar-refractivity contribution in [3.05, 3.63) is 92.0 Å². The summed E-state index contributed by atoms with van der Waals surface area (Å²) in [5.74, 6) is -1.64. The second kappa shape index (κ2) is 12.1. The number of hydrogen-bond acceptors (Lipinski definition) is 10. The summed E-state index contributed by atoms with van der Waals surface area (Å²) >= 11 is 0. The van der Waals surface area contributed by atoms with Crippen LogP contribution in [-0.2, 0) is 19.0 Å². The topological polar surface area (TPSA) is 165 Å². The summed E-state index contributed by atoms with van der Waals surface area (Å²) < 4.78 is 18.2. The minimum Gasteiger partial charge on any atom is -0.465 e. The molecule has 0 saturated heterocycles. The fourth-order valence-electron chi connectivity index (χ4n) is 9.95. The highest BCUT2D eigenvalue weighted by Crippen LogP contribution is 2.73. The Morgan fingerprint density at radius 3 is 2.02 bits per heavy atom. The predicted octanol–water partition coefficient (Wildman–Crippen LogP) is 7.01. The third kappa shape index (κ3) is 5.54. The number of carbonyl (C=O) groups is 3. The molecular formula is C36H40N2O10. The van der Waals surface area contributed by atoms with Crippen LogP contribution < -0.4 is 0 Å². The van der Waals surface area contributed by atoms with E-state index in [1.54, 1.807) is 0 Å². The number of non-ortho nitro benzene ring substituents is 2. The number of fused-ring (bicyclic) bond motifs is 3. The normalized spacial score (nSPS) is 33.5. The molecule has 1 spiro atoms. The van der Waals surface area contributed by atoms with Crippen LogP contribution in [0.15, 0.2) is 60.7 Å². The van der Waals surface area contributed by atoms with Gasteiger partial charge in [-0.1, -0.05) is 38.1 Å². The zero-order valence-electron chi connectivity index (χ0n) is 27.3. The van der Waals surface area contributed by atoms with E-state index in [1.807, 2.05) is 6.92 Å². The Labute approximate surface area is 278 Å². The highest BCUT2D eigenvalue weighted by atomic mass is 16.6. The third-order valence-corrected chi connectivity index (χ3v) is 12.1. The van der Waals surface area contributed by atoms with E-state index >= 15 is 0 Å². The Kier molecular flexibility index (Phi) is 8.41. The van der Waals surface area contributed by atoms with Crippen LogP contribution in [-0.4, -0.2) is 46.6 Å². The monoisotopic (exact) mass is 660 g/mol. The van der Waals surface area contributed by atoms with Crippen LogP contribution in [0.5, 0.6) is 0 Å². The first-order chi connectivity index (χ1) is 22.7. The average molecular weight is 661 g/mol. The van der Waals surface area contributed by atoms with Gasteiger partial charge in [0.05, 0.1) is 21.0 Å². The van der Waals surface area contributed by atoms with E-state index in [4.69, 9.17) is 14.2 Å². The number of benzene rings is 2. The van der Waals surface area contributed by atoms with Gasteiger partial charge in [0.1, 0.15) is 18.8 Å². The summed E-state index contributed by atoms with van der Waals surface area (Å²) in [6, 6.07) is 10.9. The molecule has 12 heteroatoms. The quantitative estimate of drug-likeness (QED) is 0.0945. The van der Waals surface area contributed by atoms with Gasteiger partial charge in [0.25, 0.3) is 11.4 Å². The number of hydrogen-bond donors (Lipinski definition) is 0. The minimum atomic E-state index is -0.903. The van der Waals surface area contributed by atoms with Crippen molar-refractivity contribution in [3.8, 4) is 0 Å². The molecule has 4 fully saturated rings. The summed E-state index contributed by atoms with van der Waals surface area (Å²) in [5, 5.41) is 22.8. The lowest BCUT2D eigenvalue weighted by Gasteiger charge is -2.66. The summed E-state index contributed by atoms with van der Waals surface area (Å²) in [7, 11) is 0. The number of esters is 3. The molecule has 48 heavy (non-hydrogen) atoms. The van der Waals surface area contributed by atoms with Crippen LogP contribution in [0.3, 0.4) is 0 Å². The van der Waals surface area contributed by atoms with Gasteiger partial charge in [-0.3, -0.25) is 25.0 Å². The van der Waals surface area contributed by atoms with Crippen LogP contribution in [0.1, 0.15) is 86.4 Å². The maximum absolute atomic E-state index is 13.7. The van der Waals surface area contributed by atoms with Crippen molar-refractivity contribution in [3.63, 3.8) is 0 Å². The first kappa shape index (κ1) is 33.3. The second-order valence-corrected chi connectivity index (χ2v) is 14.6. The first-order valence-electron chi connectivity index (χ1n) is 16.4.